The molecule has 1 rings (SSSR count). The summed E-state index contributed by atoms with van der Waals surface area (Å²) in [6.45, 7) is 3.74. The molecule has 1 aromatic rings. The Hall–Kier alpha value is 0.0300. The maximum absolute atomic E-state index is 9.81. The maximum atomic E-state index is 9.81. The summed E-state index contributed by atoms with van der Waals surface area (Å²) in [5, 5.41) is 21.0. The molecule has 0 aliphatic carbocycles. The van der Waals surface area contributed by atoms with Crippen LogP contribution in [0.25, 0.3) is 0 Å². The number of halogens is 1. The third-order valence-electron chi connectivity index (χ3n) is 1.98. The summed E-state index contributed by atoms with van der Waals surface area (Å²) >= 11 is 4.67. The third kappa shape index (κ3) is 2.76. The highest BCUT2D eigenvalue weighted by atomic mass is 79.9. The number of hydrogen-bond acceptors (Lipinski definition) is 4. The lowest BCUT2D eigenvalue weighted by Gasteiger charge is -2.15. The Morgan fingerprint density at radius 2 is 2.07 bits per heavy atom. The van der Waals surface area contributed by atoms with Crippen LogP contribution in [0.5, 0.6) is 0 Å². The van der Waals surface area contributed by atoms with Gasteiger partial charge in [-0.25, -0.2) is 4.98 Å². The van der Waals surface area contributed by atoms with Gasteiger partial charge in [0.1, 0.15) is 6.10 Å². The minimum absolute atomic E-state index is 0.539. The number of nitrogens with zero attached hydrogens (tertiary/aromatic N) is 1. The molecule has 3 nitrogen and oxygen atoms in total. The van der Waals surface area contributed by atoms with E-state index in [-0.39, 0.29) is 0 Å². The first-order chi connectivity index (χ1) is 6.56. The normalized spacial score (nSPS) is 15.5. The number of hydrogen-bond donors (Lipinski definition) is 2. The molecule has 0 saturated carbocycles. The molecule has 0 spiro atoms. The van der Waals surface area contributed by atoms with Crippen molar-refractivity contribution in [3.63, 3.8) is 0 Å². The third-order valence-corrected chi connectivity index (χ3v) is 3.58. The predicted octanol–water partition coefficient (Wildman–Crippen LogP) is 1.94. The lowest BCUT2D eigenvalue weighted by Crippen LogP contribution is -2.18. The van der Waals surface area contributed by atoms with E-state index in [0.29, 0.717) is 11.8 Å². The molecule has 0 amide bonds. The molecule has 80 valence electrons. The van der Waals surface area contributed by atoms with Gasteiger partial charge in [0.05, 0.1) is 21.7 Å². The average Bonchev–Trinajstić information content (AvgIpc) is 2.44. The van der Waals surface area contributed by atoms with Crippen LogP contribution < -0.4 is 0 Å². The van der Waals surface area contributed by atoms with Crippen molar-refractivity contribution < 1.29 is 10.2 Å². The van der Waals surface area contributed by atoms with Crippen LogP contribution in [0, 0.1) is 13.8 Å². The fraction of sp³-hybridized carbons (Fsp3) is 0.667. The first-order valence-electron chi connectivity index (χ1n) is 4.42. The Morgan fingerprint density at radius 3 is 2.50 bits per heavy atom. The molecule has 2 unspecified atom stereocenters. The van der Waals surface area contributed by atoms with E-state index >= 15 is 0 Å². The second-order valence-electron chi connectivity index (χ2n) is 3.17. The highest BCUT2D eigenvalue weighted by Crippen LogP contribution is 2.28. The zero-order valence-electron chi connectivity index (χ0n) is 8.20. The fourth-order valence-corrected chi connectivity index (χ4v) is 2.71. The molecule has 5 heteroatoms. The van der Waals surface area contributed by atoms with Crippen molar-refractivity contribution in [1.82, 2.24) is 4.98 Å². The number of aliphatic hydroxyl groups is 2. The van der Waals surface area contributed by atoms with Crippen LogP contribution in [0.2, 0.25) is 0 Å². The predicted molar refractivity (Wildman–Crippen MR) is 61.0 cm³/mol. The van der Waals surface area contributed by atoms with E-state index in [1.807, 2.05) is 13.8 Å². The van der Waals surface area contributed by atoms with Crippen molar-refractivity contribution in [1.29, 1.82) is 0 Å². The van der Waals surface area contributed by atoms with Gasteiger partial charge in [-0.15, -0.1) is 11.3 Å². The quantitative estimate of drug-likeness (QED) is 0.829. The molecule has 0 aromatic carbocycles. The Bertz CT molecular complexity index is 303. The topological polar surface area (TPSA) is 53.4 Å². The van der Waals surface area contributed by atoms with Crippen LogP contribution in [0.15, 0.2) is 0 Å². The van der Waals surface area contributed by atoms with E-state index in [9.17, 15) is 10.2 Å². The van der Waals surface area contributed by atoms with E-state index in [4.69, 9.17) is 0 Å². The van der Waals surface area contributed by atoms with Crippen molar-refractivity contribution >= 4 is 27.3 Å². The molecule has 2 N–H and O–H groups in total. The van der Waals surface area contributed by atoms with Gasteiger partial charge in [0.15, 0.2) is 0 Å². The van der Waals surface area contributed by atoms with Gasteiger partial charge in [-0.3, -0.25) is 0 Å². The molecule has 1 aromatic heterocycles. The number of aryl methyl sites for hydroxylation is 2. The zero-order valence-corrected chi connectivity index (χ0v) is 10.6. The van der Waals surface area contributed by atoms with Gasteiger partial charge in [0.2, 0.25) is 0 Å². The highest BCUT2D eigenvalue weighted by molar-refractivity contribution is 9.09. The Kier molecular flexibility index (Phi) is 4.50. The first-order valence-corrected chi connectivity index (χ1v) is 6.36. The highest BCUT2D eigenvalue weighted by Gasteiger charge is 2.22. The molecule has 1 heterocycles. The number of thiazole rings is 1. The van der Waals surface area contributed by atoms with Crippen molar-refractivity contribution in [2.45, 2.75) is 32.5 Å². The zero-order chi connectivity index (χ0) is 10.7. The Balaban J connectivity index is 2.77. The first kappa shape index (κ1) is 12.1. The number of rotatable bonds is 4. The van der Waals surface area contributed by atoms with Gasteiger partial charge in [0.25, 0.3) is 0 Å². The van der Waals surface area contributed by atoms with Gasteiger partial charge < -0.3 is 10.2 Å². The summed E-state index contributed by atoms with van der Waals surface area (Å²) < 4.78 is 0. The summed E-state index contributed by atoms with van der Waals surface area (Å²) in [6.07, 6.45) is -0.982. The molecule has 0 aliphatic heterocycles. The molecule has 2 atom stereocenters. The molecule has 0 bridgehead atoms. The molecular weight excluding hydrogens is 266 g/mol. The van der Waals surface area contributed by atoms with E-state index < -0.39 is 12.2 Å². The minimum atomic E-state index is -0.807. The van der Waals surface area contributed by atoms with Crippen LogP contribution >= 0.6 is 27.3 Å². The van der Waals surface area contributed by atoms with Crippen LogP contribution in [0.1, 0.15) is 28.1 Å². The molecule has 0 saturated heterocycles. The molecular formula is C9H14BrNO2S. The second kappa shape index (κ2) is 5.21. The van der Waals surface area contributed by atoms with Crippen molar-refractivity contribution in [2.24, 2.45) is 0 Å². The number of aliphatic hydroxyl groups excluding tert-OH is 2. The average molecular weight is 280 g/mol. The summed E-state index contributed by atoms with van der Waals surface area (Å²) in [5.74, 6) is 0. The molecule has 0 fully saturated rings. The van der Waals surface area contributed by atoms with Crippen molar-refractivity contribution in [3.05, 3.63) is 15.6 Å². The van der Waals surface area contributed by atoms with Gasteiger partial charge in [-0.05, 0) is 20.3 Å². The van der Waals surface area contributed by atoms with Crippen LogP contribution in [-0.2, 0) is 0 Å². The largest absolute Gasteiger partial charge is 0.390 e. The van der Waals surface area contributed by atoms with Gasteiger partial charge in [-0.1, -0.05) is 15.9 Å². The molecule has 0 aliphatic rings. The fourth-order valence-electron chi connectivity index (χ4n) is 1.27. The van der Waals surface area contributed by atoms with Crippen LogP contribution in [0.4, 0.5) is 0 Å². The second-order valence-corrected chi connectivity index (χ2v) is 5.20. The summed E-state index contributed by atoms with van der Waals surface area (Å²) in [7, 11) is 0. The van der Waals surface area contributed by atoms with Gasteiger partial charge in [0, 0.05) is 5.33 Å². The standard InChI is InChI=1S/C9H14BrNO2S/c1-5-9(14-6(2)11-5)8(13)7(12)3-4-10/h7-8,12-13H,3-4H2,1-2H3. The van der Waals surface area contributed by atoms with Gasteiger partial charge in [-0.2, -0.15) is 0 Å². The van der Waals surface area contributed by atoms with Crippen LogP contribution in [0.3, 0.4) is 0 Å². The summed E-state index contributed by atoms with van der Waals surface area (Å²) in [5.41, 5.74) is 0.814. The molecule has 0 radical (unpaired) electrons. The minimum Gasteiger partial charge on any atom is -0.390 e. The SMILES string of the molecule is Cc1nc(C)c(C(O)C(O)CCBr)s1. The number of aromatic nitrogens is 1. The Morgan fingerprint density at radius 1 is 1.43 bits per heavy atom. The van der Waals surface area contributed by atoms with E-state index in [1.54, 1.807) is 0 Å². The lowest BCUT2D eigenvalue weighted by atomic mass is 10.1. The van der Waals surface area contributed by atoms with Crippen molar-refractivity contribution in [3.8, 4) is 0 Å². The van der Waals surface area contributed by atoms with Crippen LogP contribution in [-0.4, -0.2) is 26.6 Å². The van der Waals surface area contributed by atoms with Gasteiger partial charge >= 0.3 is 0 Å². The van der Waals surface area contributed by atoms with Crippen molar-refractivity contribution in [2.75, 3.05) is 5.33 Å². The summed E-state index contributed by atoms with van der Waals surface area (Å²) in [4.78, 5) is 4.98. The maximum Gasteiger partial charge on any atom is 0.116 e. The smallest absolute Gasteiger partial charge is 0.116 e. The van der Waals surface area contributed by atoms with E-state index in [0.717, 1.165) is 15.6 Å². The lowest BCUT2D eigenvalue weighted by molar-refractivity contribution is 0.0190. The Labute approximate surface area is 95.9 Å². The molecule has 14 heavy (non-hydrogen) atoms. The van der Waals surface area contributed by atoms with E-state index in [2.05, 4.69) is 20.9 Å². The monoisotopic (exact) mass is 279 g/mol. The summed E-state index contributed by atoms with van der Waals surface area (Å²) in [6, 6.07) is 0. The number of alkyl halides is 1. The van der Waals surface area contributed by atoms with E-state index in [1.165, 1.54) is 11.3 Å².